The molecule has 0 aliphatic carbocycles. The zero-order valence-electron chi connectivity index (χ0n) is 11.5. The average molecular weight is 257 g/mol. The summed E-state index contributed by atoms with van der Waals surface area (Å²) in [6.45, 7) is 7.00. The lowest BCUT2D eigenvalue weighted by atomic mass is 9.91. The highest BCUT2D eigenvalue weighted by Crippen LogP contribution is 2.38. The van der Waals surface area contributed by atoms with Crippen molar-refractivity contribution in [2.45, 2.75) is 26.8 Å². The standard InChI is InChI=1S/C15H19N3O/c1-9-8-19-13-7-5-4-6-12(13)14(9)16-15-10(2)17-18-11(15)3/h4-7,9,14,16H,8H2,1-3H3,(H,17,18). The van der Waals surface area contributed by atoms with E-state index < -0.39 is 0 Å². The minimum atomic E-state index is 0.264. The molecule has 2 atom stereocenters. The Hall–Kier alpha value is -1.97. The van der Waals surface area contributed by atoms with Crippen LogP contribution in [0.5, 0.6) is 5.75 Å². The fourth-order valence-corrected chi connectivity index (χ4v) is 2.63. The molecule has 1 aromatic heterocycles. The number of benzene rings is 1. The van der Waals surface area contributed by atoms with Crippen LogP contribution in [0.1, 0.15) is 29.9 Å². The van der Waals surface area contributed by atoms with Gasteiger partial charge in [0.05, 0.1) is 29.7 Å². The lowest BCUT2D eigenvalue weighted by Crippen LogP contribution is -2.29. The van der Waals surface area contributed by atoms with Gasteiger partial charge in [0.15, 0.2) is 0 Å². The molecule has 100 valence electrons. The lowest BCUT2D eigenvalue weighted by molar-refractivity contribution is 0.214. The largest absolute Gasteiger partial charge is 0.493 e. The molecule has 19 heavy (non-hydrogen) atoms. The molecule has 0 bridgehead atoms. The minimum Gasteiger partial charge on any atom is -0.493 e. The molecule has 0 radical (unpaired) electrons. The van der Waals surface area contributed by atoms with Crippen LogP contribution in [0, 0.1) is 19.8 Å². The maximum atomic E-state index is 5.78. The number of H-pyrrole nitrogens is 1. The number of ether oxygens (including phenoxy) is 1. The summed E-state index contributed by atoms with van der Waals surface area (Å²) in [6, 6.07) is 8.50. The fourth-order valence-electron chi connectivity index (χ4n) is 2.63. The molecule has 0 amide bonds. The number of aryl methyl sites for hydroxylation is 2. The van der Waals surface area contributed by atoms with Crippen LogP contribution < -0.4 is 10.1 Å². The van der Waals surface area contributed by atoms with Crippen LogP contribution in [0.2, 0.25) is 0 Å². The van der Waals surface area contributed by atoms with Crippen molar-refractivity contribution >= 4 is 5.69 Å². The van der Waals surface area contributed by atoms with Gasteiger partial charge in [-0.3, -0.25) is 5.10 Å². The van der Waals surface area contributed by atoms with Gasteiger partial charge in [0.2, 0.25) is 0 Å². The molecule has 0 spiro atoms. The Bertz CT molecular complexity index is 571. The molecule has 0 saturated heterocycles. The van der Waals surface area contributed by atoms with Crippen LogP contribution in [-0.2, 0) is 0 Å². The Balaban J connectivity index is 1.96. The predicted molar refractivity (Wildman–Crippen MR) is 75.5 cm³/mol. The first-order valence-corrected chi connectivity index (χ1v) is 6.66. The highest BCUT2D eigenvalue weighted by molar-refractivity contribution is 5.54. The number of hydrogen-bond donors (Lipinski definition) is 2. The zero-order chi connectivity index (χ0) is 13.4. The number of nitrogens with one attached hydrogen (secondary N) is 2. The van der Waals surface area contributed by atoms with Gasteiger partial charge in [-0.2, -0.15) is 5.10 Å². The van der Waals surface area contributed by atoms with E-state index in [0.29, 0.717) is 5.92 Å². The van der Waals surface area contributed by atoms with Crippen LogP contribution in [0.4, 0.5) is 5.69 Å². The van der Waals surface area contributed by atoms with E-state index in [2.05, 4.69) is 34.6 Å². The van der Waals surface area contributed by atoms with Crippen LogP contribution in [0.15, 0.2) is 24.3 Å². The summed E-state index contributed by atoms with van der Waals surface area (Å²) in [5.41, 5.74) is 4.41. The number of aromatic amines is 1. The van der Waals surface area contributed by atoms with Gasteiger partial charge in [-0.25, -0.2) is 0 Å². The summed E-state index contributed by atoms with van der Waals surface area (Å²) < 4.78 is 5.78. The van der Waals surface area contributed by atoms with E-state index in [1.807, 2.05) is 26.0 Å². The van der Waals surface area contributed by atoms with E-state index in [-0.39, 0.29) is 6.04 Å². The molecular weight excluding hydrogens is 238 g/mol. The van der Waals surface area contributed by atoms with E-state index in [9.17, 15) is 0 Å². The third-order valence-corrected chi connectivity index (χ3v) is 3.75. The van der Waals surface area contributed by atoms with Gasteiger partial charge in [-0.05, 0) is 19.9 Å². The number of aromatic nitrogens is 2. The first-order chi connectivity index (χ1) is 9.16. The topological polar surface area (TPSA) is 49.9 Å². The van der Waals surface area contributed by atoms with Gasteiger partial charge < -0.3 is 10.1 Å². The maximum Gasteiger partial charge on any atom is 0.124 e. The number of nitrogens with zero attached hydrogens (tertiary/aromatic N) is 1. The summed E-state index contributed by atoms with van der Waals surface area (Å²) in [7, 11) is 0. The molecule has 2 heterocycles. The number of fused-ring (bicyclic) bond motifs is 1. The van der Waals surface area contributed by atoms with E-state index in [1.54, 1.807) is 0 Å². The van der Waals surface area contributed by atoms with Gasteiger partial charge in [0, 0.05) is 11.5 Å². The monoisotopic (exact) mass is 257 g/mol. The summed E-state index contributed by atoms with van der Waals surface area (Å²) in [5, 5.41) is 10.9. The second kappa shape index (κ2) is 4.61. The molecule has 3 rings (SSSR count). The molecule has 1 aliphatic rings. The molecular formula is C15H19N3O. The van der Waals surface area contributed by atoms with Gasteiger partial charge in [-0.1, -0.05) is 25.1 Å². The molecule has 1 aliphatic heterocycles. The third kappa shape index (κ3) is 2.07. The molecule has 1 aromatic carbocycles. The lowest BCUT2D eigenvalue weighted by Gasteiger charge is -2.32. The fraction of sp³-hybridized carbons (Fsp3) is 0.400. The number of hydrogen-bond acceptors (Lipinski definition) is 3. The molecule has 2 aromatic rings. The summed E-state index contributed by atoms with van der Waals surface area (Å²) in [6.07, 6.45) is 0. The van der Waals surface area contributed by atoms with Crippen LogP contribution >= 0.6 is 0 Å². The Kier molecular flexibility index (Phi) is 2.93. The van der Waals surface area contributed by atoms with Crippen molar-refractivity contribution in [2.24, 2.45) is 5.92 Å². The van der Waals surface area contributed by atoms with E-state index in [1.165, 1.54) is 5.56 Å². The van der Waals surface area contributed by atoms with Crippen molar-refractivity contribution in [1.82, 2.24) is 10.2 Å². The van der Waals surface area contributed by atoms with E-state index in [0.717, 1.165) is 29.4 Å². The van der Waals surface area contributed by atoms with E-state index in [4.69, 9.17) is 4.74 Å². The van der Waals surface area contributed by atoms with Crippen LogP contribution in [-0.4, -0.2) is 16.8 Å². The smallest absolute Gasteiger partial charge is 0.124 e. The minimum absolute atomic E-state index is 0.264. The Morgan fingerprint density at radius 2 is 2.11 bits per heavy atom. The molecule has 2 unspecified atom stereocenters. The van der Waals surface area contributed by atoms with Gasteiger partial charge in [-0.15, -0.1) is 0 Å². The molecule has 2 N–H and O–H groups in total. The van der Waals surface area contributed by atoms with Crippen molar-refractivity contribution in [3.8, 4) is 5.75 Å². The Morgan fingerprint density at radius 3 is 2.84 bits per heavy atom. The SMILES string of the molecule is Cc1n[nH]c(C)c1NC1c2ccccc2OCC1C. The normalized spacial score (nSPS) is 21.6. The highest BCUT2D eigenvalue weighted by atomic mass is 16.5. The van der Waals surface area contributed by atoms with Gasteiger partial charge >= 0.3 is 0 Å². The first-order valence-electron chi connectivity index (χ1n) is 6.66. The Labute approximate surface area is 113 Å². The highest BCUT2D eigenvalue weighted by Gasteiger charge is 2.28. The van der Waals surface area contributed by atoms with E-state index >= 15 is 0 Å². The first kappa shape index (κ1) is 12.1. The second-order valence-corrected chi connectivity index (χ2v) is 5.26. The van der Waals surface area contributed by atoms with Crippen molar-refractivity contribution in [2.75, 3.05) is 11.9 Å². The maximum absolute atomic E-state index is 5.78. The van der Waals surface area contributed by atoms with Crippen molar-refractivity contribution in [1.29, 1.82) is 0 Å². The summed E-state index contributed by atoms with van der Waals surface area (Å²) >= 11 is 0. The third-order valence-electron chi connectivity index (χ3n) is 3.75. The zero-order valence-corrected chi connectivity index (χ0v) is 11.5. The molecule has 0 fully saturated rings. The number of anilines is 1. The second-order valence-electron chi connectivity index (χ2n) is 5.26. The summed E-state index contributed by atoms with van der Waals surface area (Å²) in [4.78, 5) is 0. The quantitative estimate of drug-likeness (QED) is 0.868. The van der Waals surface area contributed by atoms with Crippen molar-refractivity contribution < 1.29 is 4.74 Å². The Morgan fingerprint density at radius 1 is 1.32 bits per heavy atom. The number of rotatable bonds is 2. The summed E-state index contributed by atoms with van der Waals surface area (Å²) in [5.74, 6) is 1.40. The molecule has 4 nitrogen and oxygen atoms in total. The molecule has 4 heteroatoms. The van der Waals surface area contributed by atoms with Crippen LogP contribution in [0.3, 0.4) is 0 Å². The van der Waals surface area contributed by atoms with Gasteiger partial charge in [0.1, 0.15) is 5.75 Å². The predicted octanol–water partition coefficient (Wildman–Crippen LogP) is 3.21. The number of para-hydroxylation sites is 1. The average Bonchev–Trinajstić information content (AvgIpc) is 2.73. The van der Waals surface area contributed by atoms with Gasteiger partial charge in [0.25, 0.3) is 0 Å². The molecule has 0 saturated carbocycles. The van der Waals surface area contributed by atoms with Crippen molar-refractivity contribution in [3.05, 3.63) is 41.2 Å². The van der Waals surface area contributed by atoms with Crippen molar-refractivity contribution in [3.63, 3.8) is 0 Å². The van der Waals surface area contributed by atoms with Crippen LogP contribution in [0.25, 0.3) is 0 Å².